The lowest BCUT2D eigenvalue weighted by molar-refractivity contribution is 0.122. The minimum atomic E-state index is -0.109. The zero-order chi connectivity index (χ0) is 22.6. The molecule has 2 aliphatic rings. The van der Waals surface area contributed by atoms with Crippen molar-refractivity contribution in [3.8, 4) is 23.0 Å². The third-order valence-electron chi connectivity index (χ3n) is 6.13. The number of nitrogens with zero attached hydrogens (tertiary/aromatic N) is 4. The molecule has 4 heterocycles. The van der Waals surface area contributed by atoms with Crippen molar-refractivity contribution in [2.24, 2.45) is 0 Å². The van der Waals surface area contributed by atoms with Crippen LogP contribution in [0.3, 0.4) is 0 Å². The second-order valence-electron chi connectivity index (χ2n) is 8.25. The number of fused-ring (bicyclic) bond motifs is 1. The number of aromatic nitrogens is 3. The van der Waals surface area contributed by atoms with E-state index in [2.05, 4.69) is 10.2 Å². The molecular formula is C24H29N5O4. The van der Waals surface area contributed by atoms with Gasteiger partial charge in [0.1, 0.15) is 17.7 Å². The van der Waals surface area contributed by atoms with E-state index in [9.17, 15) is 5.11 Å². The lowest BCUT2D eigenvalue weighted by atomic mass is 10.1. The zero-order valence-electron chi connectivity index (χ0n) is 18.8. The Labute approximate surface area is 192 Å². The summed E-state index contributed by atoms with van der Waals surface area (Å²) in [5.41, 5.74) is 2.95. The van der Waals surface area contributed by atoms with Gasteiger partial charge in [-0.05, 0) is 56.3 Å². The summed E-state index contributed by atoms with van der Waals surface area (Å²) in [6.07, 6.45) is 1.95. The maximum Gasteiger partial charge on any atom is 0.320 e. The van der Waals surface area contributed by atoms with Gasteiger partial charge in [-0.3, -0.25) is 0 Å². The number of ether oxygens (including phenoxy) is 3. The van der Waals surface area contributed by atoms with Gasteiger partial charge in [-0.1, -0.05) is 0 Å². The topological polar surface area (TPSA) is 102 Å². The van der Waals surface area contributed by atoms with Crippen molar-refractivity contribution < 1.29 is 19.3 Å². The number of pyridine rings is 1. The van der Waals surface area contributed by atoms with Crippen LogP contribution in [0.4, 0.5) is 5.82 Å². The van der Waals surface area contributed by atoms with Crippen LogP contribution in [-0.2, 0) is 11.3 Å². The molecule has 9 heteroatoms. The van der Waals surface area contributed by atoms with Crippen molar-refractivity contribution >= 4 is 16.9 Å². The van der Waals surface area contributed by atoms with Gasteiger partial charge in [-0.25, -0.2) is 4.98 Å². The summed E-state index contributed by atoms with van der Waals surface area (Å²) in [5.74, 6) is 1.48. The highest BCUT2D eigenvalue weighted by Crippen LogP contribution is 2.31. The minimum absolute atomic E-state index is 0.0955. The molecule has 0 atom stereocenters. The molecule has 2 fully saturated rings. The van der Waals surface area contributed by atoms with E-state index in [0.717, 1.165) is 61.5 Å². The smallest absolute Gasteiger partial charge is 0.320 e. The van der Waals surface area contributed by atoms with Gasteiger partial charge in [-0.2, -0.15) is 9.97 Å². The van der Waals surface area contributed by atoms with Crippen molar-refractivity contribution in [2.75, 3.05) is 51.4 Å². The summed E-state index contributed by atoms with van der Waals surface area (Å²) in [7, 11) is 1.59. The summed E-state index contributed by atoms with van der Waals surface area (Å²) in [6.45, 7) is 4.61. The Morgan fingerprint density at radius 3 is 2.67 bits per heavy atom. The first-order valence-corrected chi connectivity index (χ1v) is 11.4. The van der Waals surface area contributed by atoms with Crippen LogP contribution in [0.2, 0.25) is 0 Å². The van der Waals surface area contributed by atoms with Crippen molar-refractivity contribution in [2.45, 2.75) is 25.6 Å². The molecule has 0 radical (unpaired) electrons. The lowest BCUT2D eigenvalue weighted by Crippen LogP contribution is -2.37. The first kappa shape index (κ1) is 21.8. The van der Waals surface area contributed by atoms with Gasteiger partial charge in [-0.15, -0.1) is 0 Å². The first-order valence-electron chi connectivity index (χ1n) is 11.4. The number of benzene rings is 1. The van der Waals surface area contributed by atoms with E-state index in [4.69, 9.17) is 29.2 Å². The molecule has 1 aromatic carbocycles. The molecule has 5 rings (SSSR count). The number of hydrogen-bond donors (Lipinski definition) is 2. The third kappa shape index (κ3) is 4.71. The zero-order valence-corrected chi connectivity index (χ0v) is 18.8. The standard InChI is InChI=1S/C24H29N5O4/c1-31-21-5-2-16(14-17(21)15-30)20-4-3-19-22(26-20)27-24(33-18-6-8-25-9-7-18)28-23(19)29-10-12-32-13-11-29/h2-5,14,18,25,30H,6-13,15H2,1H3. The Balaban J connectivity index is 1.55. The molecule has 2 aromatic heterocycles. The van der Waals surface area contributed by atoms with Crippen molar-refractivity contribution in [1.29, 1.82) is 0 Å². The summed E-state index contributed by atoms with van der Waals surface area (Å²) in [4.78, 5) is 16.6. The molecule has 2 N–H and O–H groups in total. The van der Waals surface area contributed by atoms with Crippen molar-refractivity contribution in [1.82, 2.24) is 20.3 Å². The fourth-order valence-electron chi connectivity index (χ4n) is 4.33. The van der Waals surface area contributed by atoms with E-state index in [1.807, 2.05) is 30.3 Å². The molecule has 0 saturated carbocycles. The fraction of sp³-hybridized carbons (Fsp3) is 0.458. The predicted molar refractivity (Wildman–Crippen MR) is 125 cm³/mol. The number of aliphatic hydroxyl groups is 1. The number of aliphatic hydroxyl groups excluding tert-OH is 1. The van der Waals surface area contributed by atoms with Gasteiger partial charge in [0.2, 0.25) is 0 Å². The summed E-state index contributed by atoms with van der Waals surface area (Å²) >= 11 is 0. The van der Waals surface area contributed by atoms with Crippen LogP contribution in [0.1, 0.15) is 18.4 Å². The largest absolute Gasteiger partial charge is 0.496 e. The molecule has 33 heavy (non-hydrogen) atoms. The molecule has 3 aromatic rings. The maximum absolute atomic E-state index is 9.71. The molecule has 2 saturated heterocycles. The molecule has 0 bridgehead atoms. The van der Waals surface area contributed by atoms with E-state index in [-0.39, 0.29) is 12.7 Å². The van der Waals surface area contributed by atoms with Crippen molar-refractivity contribution in [3.05, 3.63) is 35.9 Å². The quantitative estimate of drug-likeness (QED) is 0.584. The molecule has 0 amide bonds. The van der Waals surface area contributed by atoms with Gasteiger partial charge in [0, 0.05) is 24.2 Å². The van der Waals surface area contributed by atoms with Crippen molar-refractivity contribution in [3.63, 3.8) is 0 Å². The molecule has 0 unspecified atom stereocenters. The summed E-state index contributed by atoms with van der Waals surface area (Å²) < 4.78 is 17.1. The Kier molecular flexibility index (Phi) is 6.52. The van der Waals surface area contributed by atoms with Crippen LogP contribution in [0.25, 0.3) is 22.3 Å². The van der Waals surface area contributed by atoms with Crippen LogP contribution in [0, 0.1) is 0 Å². The monoisotopic (exact) mass is 451 g/mol. The second kappa shape index (κ2) is 9.86. The van der Waals surface area contributed by atoms with E-state index in [0.29, 0.717) is 36.2 Å². The van der Waals surface area contributed by atoms with Crippen LogP contribution < -0.4 is 19.7 Å². The molecular weight excluding hydrogens is 422 g/mol. The highest BCUT2D eigenvalue weighted by atomic mass is 16.5. The number of nitrogens with one attached hydrogen (secondary N) is 1. The fourth-order valence-corrected chi connectivity index (χ4v) is 4.33. The highest BCUT2D eigenvalue weighted by molar-refractivity contribution is 5.89. The Morgan fingerprint density at radius 1 is 1.09 bits per heavy atom. The first-order chi connectivity index (χ1) is 16.2. The molecule has 0 aliphatic carbocycles. The number of rotatable bonds is 6. The summed E-state index contributed by atoms with van der Waals surface area (Å²) in [5, 5.41) is 13.9. The average molecular weight is 452 g/mol. The van der Waals surface area contributed by atoms with E-state index >= 15 is 0 Å². The van der Waals surface area contributed by atoms with E-state index < -0.39 is 0 Å². The molecule has 0 spiro atoms. The normalized spacial score (nSPS) is 17.3. The van der Waals surface area contributed by atoms with E-state index in [1.54, 1.807) is 7.11 Å². The van der Waals surface area contributed by atoms with Gasteiger partial charge in [0.25, 0.3) is 0 Å². The average Bonchev–Trinajstić information content (AvgIpc) is 2.88. The van der Waals surface area contributed by atoms with Gasteiger partial charge in [0.05, 0.1) is 38.0 Å². The third-order valence-corrected chi connectivity index (χ3v) is 6.13. The SMILES string of the molecule is COc1ccc(-c2ccc3c(N4CCOCC4)nc(OC4CCNCC4)nc3n2)cc1CO. The molecule has 174 valence electrons. The van der Waals surface area contributed by atoms with Gasteiger partial charge < -0.3 is 29.5 Å². The number of piperidine rings is 1. The van der Waals surface area contributed by atoms with Crippen LogP contribution >= 0.6 is 0 Å². The Bertz CT molecular complexity index is 1110. The second-order valence-corrected chi connectivity index (χ2v) is 8.25. The molecule has 9 nitrogen and oxygen atoms in total. The van der Waals surface area contributed by atoms with Gasteiger partial charge >= 0.3 is 6.01 Å². The van der Waals surface area contributed by atoms with Gasteiger partial charge in [0.15, 0.2) is 5.65 Å². The Morgan fingerprint density at radius 2 is 1.91 bits per heavy atom. The molecule has 2 aliphatic heterocycles. The Hall–Kier alpha value is -3.01. The van der Waals surface area contributed by atoms with Crippen LogP contribution in [-0.4, -0.2) is 72.7 Å². The highest BCUT2D eigenvalue weighted by Gasteiger charge is 2.22. The van der Waals surface area contributed by atoms with Crippen LogP contribution in [0.15, 0.2) is 30.3 Å². The number of anilines is 1. The van der Waals surface area contributed by atoms with E-state index in [1.165, 1.54) is 0 Å². The lowest BCUT2D eigenvalue weighted by Gasteiger charge is -2.29. The van der Waals surface area contributed by atoms with Crippen LogP contribution in [0.5, 0.6) is 11.8 Å². The number of morpholine rings is 1. The summed E-state index contributed by atoms with van der Waals surface area (Å²) in [6, 6.07) is 10.0. The predicted octanol–water partition coefficient (Wildman–Crippen LogP) is 2.16. The number of methoxy groups -OCH3 is 1. The minimum Gasteiger partial charge on any atom is -0.496 e. The maximum atomic E-state index is 9.71. The number of hydrogen-bond acceptors (Lipinski definition) is 9.